The second-order valence-electron chi connectivity index (χ2n) is 8.53. The summed E-state index contributed by atoms with van der Waals surface area (Å²) in [5, 5.41) is 11.4. The van der Waals surface area contributed by atoms with Crippen LogP contribution in [0.15, 0.2) is 42.0 Å². The third-order valence-corrected chi connectivity index (χ3v) is 6.14. The Morgan fingerprint density at radius 2 is 1.71 bits per heavy atom. The molecule has 2 aromatic rings. The molecule has 188 valence electrons. The standard InChI is InChI=1S/C27H33NO7/c1-16(2)19-15-17(11-12-20(19)33-4)24(29)22-23(18-9-7-10-21(34-5)26(18)35-6)28(13-8-14-32-3)27(31)25(22)30/h7,9-12,15-16,23,29H,8,13-14H2,1-6H3/b24-22+. The van der Waals surface area contributed by atoms with Crippen molar-refractivity contribution in [3.05, 3.63) is 58.7 Å². The van der Waals surface area contributed by atoms with Crippen LogP contribution in [0.3, 0.4) is 0 Å². The highest BCUT2D eigenvalue weighted by atomic mass is 16.5. The number of nitrogens with zero attached hydrogens (tertiary/aromatic N) is 1. The van der Waals surface area contributed by atoms with Crippen molar-refractivity contribution in [3.63, 3.8) is 0 Å². The van der Waals surface area contributed by atoms with E-state index >= 15 is 0 Å². The number of aliphatic hydroxyl groups is 1. The third-order valence-electron chi connectivity index (χ3n) is 6.14. The van der Waals surface area contributed by atoms with Gasteiger partial charge in [-0.3, -0.25) is 9.59 Å². The minimum absolute atomic E-state index is 0.00107. The van der Waals surface area contributed by atoms with Crippen LogP contribution in [0.25, 0.3) is 5.76 Å². The van der Waals surface area contributed by atoms with Crippen molar-refractivity contribution in [2.75, 3.05) is 41.6 Å². The number of para-hydroxylation sites is 1. The van der Waals surface area contributed by atoms with Gasteiger partial charge in [0.05, 0.1) is 32.9 Å². The summed E-state index contributed by atoms with van der Waals surface area (Å²) in [5.41, 5.74) is 1.85. The first-order valence-corrected chi connectivity index (χ1v) is 11.5. The van der Waals surface area contributed by atoms with Gasteiger partial charge in [-0.1, -0.05) is 26.0 Å². The van der Waals surface area contributed by atoms with Crippen LogP contribution in [-0.2, 0) is 14.3 Å². The number of aliphatic hydroxyl groups excluding tert-OH is 1. The summed E-state index contributed by atoms with van der Waals surface area (Å²) in [6.07, 6.45) is 0.520. The fraction of sp³-hybridized carbons (Fsp3) is 0.407. The highest BCUT2D eigenvalue weighted by Crippen LogP contribution is 2.45. The highest BCUT2D eigenvalue weighted by Gasteiger charge is 2.47. The van der Waals surface area contributed by atoms with Crippen LogP contribution >= 0.6 is 0 Å². The van der Waals surface area contributed by atoms with Crippen molar-refractivity contribution in [3.8, 4) is 17.2 Å². The topological polar surface area (TPSA) is 94.5 Å². The Morgan fingerprint density at radius 1 is 1.00 bits per heavy atom. The molecule has 1 N–H and O–H groups in total. The van der Waals surface area contributed by atoms with Crippen LogP contribution in [0.5, 0.6) is 17.2 Å². The molecule has 0 bridgehead atoms. The number of hydrogen-bond acceptors (Lipinski definition) is 7. The number of methoxy groups -OCH3 is 4. The summed E-state index contributed by atoms with van der Waals surface area (Å²) < 4.78 is 21.7. The van der Waals surface area contributed by atoms with Crippen molar-refractivity contribution < 1.29 is 33.6 Å². The quantitative estimate of drug-likeness (QED) is 0.233. The van der Waals surface area contributed by atoms with Gasteiger partial charge < -0.3 is 29.0 Å². The van der Waals surface area contributed by atoms with E-state index in [1.165, 1.54) is 19.1 Å². The Hall–Kier alpha value is -3.52. The molecule has 1 heterocycles. The summed E-state index contributed by atoms with van der Waals surface area (Å²) in [6.45, 7) is 4.70. The number of hydrogen-bond donors (Lipinski definition) is 1. The summed E-state index contributed by atoms with van der Waals surface area (Å²) in [6, 6.07) is 9.62. The first-order chi connectivity index (χ1) is 16.8. The van der Waals surface area contributed by atoms with Gasteiger partial charge in [-0.25, -0.2) is 0 Å². The fourth-order valence-electron chi connectivity index (χ4n) is 4.43. The van der Waals surface area contributed by atoms with Crippen LogP contribution in [0, 0.1) is 0 Å². The van der Waals surface area contributed by atoms with Gasteiger partial charge in [0, 0.05) is 31.4 Å². The van der Waals surface area contributed by atoms with Crippen LogP contribution in [0.2, 0.25) is 0 Å². The van der Waals surface area contributed by atoms with E-state index in [0.717, 1.165) is 5.56 Å². The molecule has 0 spiro atoms. The first-order valence-electron chi connectivity index (χ1n) is 11.5. The van der Waals surface area contributed by atoms with Crippen molar-refractivity contribution in [2.45, 2.75) is 32.2 Å². The van der Waals surface area contributed by atoms with Gasteiger partial charge in [-0.2, -0.15) is 0 Å². The zero-order valence-electron chi connectivity index (χ0n) is 21.1. The number of benzene rings is 2. The number of carbonyl (C=O) groups excluding carboxylic acids is 2. The van der Waals surface area contributed by atoms with Crippen molar-refractivity contribution in [1.29, 1.82) is 0 Å². The first kappa shape index (κ1) is 26.1. The SMILES string of the molecule is COCCCN1C(=O)C(=O)/C(=C(/O)c2ccc(OC)c(C(C)C)c2)C1c1cccc(OC)c1OC. The van der Waals surface area contributed by atoms with E-state index in [1.54, 1.807) is 50.6 Å². The zero-order chi connectivity index (χ0) is 25.7. The van der Waals surface area contributed by atoms with Crippen molar-refractivity contribution in [2.24, 2.45) is 0 Å². The summed E-state index contributed by atoms with van der Waals surface area (Å²) in [4.78, 5) is 27.9. The van der Waals surface area contributed by atoms with E-state index < -0.39 is 17.7 Å². The maximum atomic E-state index is 13.3. The molecule has 0 aromatic heterocycles. The van der Waals surface area contributed by atoms with Crippen LogP contribution in [-0.4, -0.2) is 63.3 Å². The predicted octanol–water partition coefficient (Wildman–Crippen LogP) is 4.29. The molecule has 1 aliphatic heterocycles. The van der Waals surface area contributed by atoms with E-state index in [1.807, 2.05) is 13.8 Å². The lowest BCUT2D eigenvalue weighted by Crippen LogP contribution is -2.31. The smallest absolute Gasteiger partial charge is 0.295 e. The third kappa shape index (κ3) is 4.98. The number of likely N-dealkylation sites (tertiary alicyclic amines) is 1. The molecule has 3 rings (SSSR count). The molecule has 1 saturated heterocycles. The van der Waals surface area contributed by atoms with Crippen molar-refractivity contribution in [1.82, 2.24) is 4.90 Å². The minimum atomic E-state index is -0.860. The monoisotopic (exact) mass is 483 g/mol. The molecule has 1 amide bonds. The molecule has 1 unspecified atom stereocenters. The van der Waals surface area contributed by atoms with Gasteiger partial charge in [-0.05, 0) is 42.2 Å². The van der Waals surface area contributed by atoms with Gasteiger partial charge >= 0.3 is 0 Å². The molecule has 8 heteroatoms. The van der Waals surface area contributed by atoms with Gasteiger partial charge in [0.25, 0.3) is 11.7 Å². The molecule has 2 aromatic carbocycles. The number of amides is 1. The molecule has 1 aliphatic rings. The molecule has 0 radical (unpaired) electrons. The van der Waals surface area contributed by atoms with E-state index in [9.17, 15) is 14.7 Å². The summed E-state index contributed by atoms with van der Waals surface area (Å²) in [7, 11) is 6.17. The van der Waals surface area contributed by atoms with Crippen LogP contribution in [0.1, 0.15) is 48.9 Å². The lowest BCUT2D eigenvalue weighted by molar-refractivity contribution is -0.140. The van der Waals surface area contributed by atoms with Crippen molar-refractivity contribution >= 4 is 17.4 Å². The Bertz CT molecular complexity index is 1120. The second-order valence-corrected chi connectivity index (χ2v) is 8.53. The highest BCUT2D eigenvalue weighted by molar-refractivity contribution is 6.46. The zero-order valence-corrected chi connectivity index (χ0v) is 21.1. The summed E-state index contributed by atoms with van der Waals surface area (Å²) >= 11 is 0. The maximum absolute atomic E-state index is 13.3. The largest absolute Gasteiger partial charge is 0.507 e. The number of ketones is 1. The lowest BCUT2D eigenvalue weighted by Gasteiger charge is -2.27. The van der Waals surface area contributed by atoms with Gasteiger partial charge in [0.15, 0.2) is 11.5 Å². The van der Waals surface area contributed by atoms with Gasteiger partial charge in [-0.15, -0.1) is 0 Å². The number of carbonyl (C=O) groups is 2. The number of Topliss-reactive ketones (excluding diaryl/α,β-unsaturated/α-hetero) is 1. The van der Waals surface area contributed by atoms with E-state index in [2.05, 4.69) is 0 Å². The van der Waals surface area contributed by atoms with E-state index in [-0.39, 0.29) is 23.8 Å². The predicted molar refractivity (Wildman–Crippen MR) is 132 cm³/mol. The lowest BCUT2D eigenvalue weighted by atomic mass is 9.92. The molecular formula is C27H33NO7. The Morgan fingerprint density at radius 3 is 2.31 bits per heavy atom. The van der Waals surface area contributed by atoms with Gasteiger partial charge in [0.1, 0.15) is 11.5 Å². The molecule has 1 fully saturated rings. The Labute approximate surface area is 206 Å². The minimum Gasteiger partial charge on any atom is -0.507 e. The Balaban J connectivity index is 2.25. The molecule has 8 nitrogen and oxygen atoms in total. The van der Waals surface area contributed by atoms with Crippen LogP contribution in [0.4, 0.5) is 0 Å². The second kappa shape index (κ2) is 11.3. The summed E-state index contributed by atoms with van der Waals surface area (Å²) in [5.74, 6) is -0.0454. The average Bonchev–Trinajstić information content (AvgIpc) is 3.12. The molecule has 1 atom stereocenters. The van der Waals surface area contributed by atoms with Crippen LogP contribution < -0.4 is 14.2 Å². The normalized spacial score (nSPS) is 17.2. The average molecular weight is 484 g/mol. The maximum Gasteiger partial charge on any atom is 0.295 e. The number of ether oxygens (including phenoxy) is 4. The molecule has 35 heavy (non-hydrogen) atoms. The molecule has 0 aliphatic carbocycles. The van der Waals surface area contributed by atoms with Gasteiger partial charge in [0.2, 0.25) is 0 Å². The Kier molecular flexibility index (Phi) is 8.40. The molecule has 0 saturated carbocycles. The van der Waals surface area contributed by atoms with E-state index in [0.29, 0.717) is 41.4 Å². The number of rotatable bonds is 10. The van der Waals surface area contributed by atoms with E-state index in [4.69, 9.17) is 18.9 Å². The molecular weight excluding hydrogens is 450 g/mol. The fourth-order valence-corrected chi connectivity index (χ4v) is 4.43.